The molecule has 0 saturated carbocycles. The maximum atomic E-state index is 12.9. The van der Waals surface area contributed by atoms with Gasteiger partial charge in [0.25, 0.3) is 0 Å². The topological polar surface area (TPSA) is 74.8 Å². The zero-order chi connectivity index (χ0) is 15.4. The summed E-state index contributed by atoms with van der Waals surface area (Å²) in [5, 5.41) is 12.0. The van der Waals surface area contributed by atoms with E-state index in [9.17, 15) is 9.18 Å². The van der Waals surface area contributed by atoms with E-state index in [1.807, 2.05) is 0 Å². The first kappa shape index (κ1) is 13.9. The molecule has 8 heteroatoms. The van der Waals surface area contributed by atoms with Crippen LogP contribution in [0, 0.1) is 5.82 Å². The van der Waals surface area contributed by atoms with Crippen LogP contribution in [0.4, 0.5) is 4.39 Å². The molecule has 0 fully saturated rings. The lowest BCUT2D eigenvalue weighted by molar-refractivity contribution is 0.0480. The van der Waals surface area contributed by atoms with Crippen molar-refractivity contribution in [2.45, 2.75) is 6.54 Å². The van der Waals surface area contributed by atoms with Crippen molar-refractivity contribution < 1.29 is 13.9 Å². The quantitative estimate of drug-likeness (QED) is 0.667. The van der Waals surface area contributed by atoms with Gasteiger partial charge in [0.05, 0.1) is 18.4 Å². The van der Waals surface area contributed by atoms with Crippen LogP contribution in [0.25, 0.3) is 5.69 Å². The SMILES string of the molecule is O=C(OCCn1cccn1)c1cnn(-c2ccc(F)cc2)n1. The summed E-state index contributed by atoms with van der Waals surface area (Å²) in [4.78, 5) is 13.1. The Hall–Kier alpha value is -3.03. The summed E-state index contributed by atoms with van der Waals surface area (Å²) < 4.78 is 19.6. The molecule has 0 N–H and O–H groups in total. The maximum Gasteiger partial charge on any atom is 0.360 e. The Bertz CT molecular complexity index is 752. The number of ether oxygens (including phenoxy) is 1. The van der Waals surface area contributed by atoms with E-state index in [1.165, 1.54) is 35.3 Å². The highest BCUT2D eigenvalue weighted by Gasteiger charge is 2.13. The Labute approximate surface area is 124 Å². The van der Waals surface area contributed by atoms with Crippen molar-refractivity contribution >= 4 is 5.97 Å². The van der Waals surface area contributed by atoms with E-state index in [-0.39, 0.29) is 18.1 Å². The molecule has 0 amide bonds. The molecule has 1 aromatic carbocycles. The second-order valence-electron chi connectivity index (χ2n) is 4.40. The number of hydrogen-bond acceptors (Lipinski definition) is 5. The van der Waals surface area contributed by atoms with Crippen LogP contribution in [0.15, 0.2) is 48.9 Å². The average Bonchev–Trinajstić information content (AvgIpc) is 3.19. The standard InChI is InChI=1S/C14H12FN5O2/c15-11-2-4-12(5-3-11)20-17-10-13(18-20)14(21)22-9-8-19-7-1-6-16-19/h1-7,10H,8-9H2. The summed E-state index contributed by atoms with van der Waals surface area (Å²) in [6.07, 6.45) is 4.73. The Balaban J connectivity index is 1.60. The molecule has 0 saturated heterocycles. The summed E-state index contributed by atoms with van der Waals surface area (Å²) in [5.74, 6) is -0.922. The first-order valence-electron chi connectivity index (χ1n) is 6.55. The second kappa shape index (κ2) is 6.17. The lowest BCUT2D eigenvalue weighted by Gasteiger charge is -2.02. The Morgan fingerprint density at radius 3 is 2.77 bits per heavy atom. The van der Waals surface area contributed by atoms with E-state index in [1.54, 1.807) is 23.1 Å². The fraction of sp³-hybridized carbons (Fsp3) is 0.143. The van der Waals surface area contributed by atoms with Crippen LogP contribution in [0.5, 0.6) is 0 Å². The average molecular weight is 301 g/mol. The third-order valence-electron chi connectivity index (χ3n) is 2.87. The number of hydrogen-bond donors (Lipinski definition) is 0. The van der Waals surface area contributed by atoms with Gasteiger partial charge in [0.2, 0.25) is 0 Å². The smallest absolute Gasteiger partial charge is 0.360 e. The van der Waals surface area contributed by atoms with Gasteiger partial charge in [-0.3, -0.25) is 4.68 Å². The minimum atomic E-state index is -0.569. The molecule has 0 bridgehead atoms. The van der Waals surface area contributed by atoms with Crippen molar-refractivity contribution in [2.24, 2.45) is 0 Å². The molecule has 7 nitrogen and oxygen atoms in total. The number of nitrogens with zero attached hydrogens (tertiary/aromatic N) is 5. The zero-order valence-electron chi connectivity index (χ0n) is 11.5. The van der Waals surface area contributed by atoms with Crippen LogP contribution >= 0.6 is 0 Å². The van der Waals surface area contributed by atoms with Crippen molar-refractivity contribution in [3.63, 3.8) is 0 Å². The molecule has 112 valence electrons. The lowest BCUT2D eigenvalue weighted by Crippen LogP contribution is -2.12. The molecule has 0 radical (unpaired) electrons. The molecular weight excluding hydrogens is 289 g/mol. The molecular formula is C14H12FN5O2. The molecule has 0 aliphatic carbocycles. The number of benzene rings is 1. The van der Waals surface area contributed by atoms with Gasteiger partial charge in [0, 0.05) is 12.4 Å². The van der Waals surface area contributed by atoms with Crippen LogP contribution < -0.4 is 0 Å². The van der Waals surface area contributed by atoms with Gasteiger partial charge in [0.15, 0.2) is 5.69 Å². The maximum absolute atomic E-state index is 12.9. The van der Waals surface area contributed by atoms with Crippen molar-refractivity contribution in [1.82, 2.24) is 24.8 Å². The molecule has 22 heavy (non-hydrogen) atoms. The van der Waals surface area contributed by atoms with Crippen LogP contribution in [-0.4, -0.2) is 37.4 Å². The van der Waals surface area contributed by atoms with E-state index in [0.717, 1.165) is 0 Å². The normalized spacial score (nSPS) is 10.6. The van der Waals surface area contributed by atoms with E-state index in [0.29, 0.717) is 12.2 Å². The Morgan fingerprint density at radius 2 is 2.05 bits per heavy atom. The summed E-state index contributed by atoms with van der Waals surface area (Å²) in [7, 11) is 0. The van der Waals surface area contributed by atoms with E-state index < -0.39 is 5.97 Å². The van der Waals surface area contributed by atoms with E-state index >= 15 is 0 Å². The highest BCUT2D eigenvalue weighted by atomic mass is 19.1. The van der Waals surface area contributed by atoms with Crippen LogP contribution in [0.2, 0.25) is 0 Å². The fourth-order valence-corrected chi connectivity index (χ4v) is 1.79. The first-order chi connectivity index (χ1) is 10.7. The zero-order valence-corrected chi connectivity index (χ0v) is 11.5. The van der Waals surface area contributed by atoms with Crippen molar-refractivity contribution in [3.05, 3.63) is 60.4 Å². The van der Waals surface area contributed by atoms with Crippen molar-refractivity contribution in [3.8, 4) is 5.69 Å². The first-order valence-corrected chi connectivity index (χ1v) is 6.55. The van der Waals surface area contributed by atoms with Gasteiger partial charge in [-0.15, -0.1) is 5.10 Å². The van der Waals surface area contributed by atoms with Gasteiger partial charge in [-0.2, -0.15) is 15.0 Å². The van der Waals surface area contributed by atoms with Crippen molar-refractivity contribution in [2.75, 3.05) is 6.61 Å². The Kier molecular flexibility index (Phi) is 3.90. The summed E-state index contributed by atoms with van der Waals surface area (Å²) >= 11 is 0. The van der Waals surface area contributed by atoms with Crippen LogP contribution in [0.3, 0.4) is 0 Å². The number of esters is 1. The molecule has 3 aromatic rings. The van der Waals surface area contributed by atoms with Crippen LogP contribution in [0.1, 0.15) is 10.5 Å². The molecule has 0 atom stereocenters. The molecule has 0 aliphatic heterocycles. The minimum absolute atomic E-state index is 0.0878. The highest BCUT2D eigenvalue weighted by molar-refractivity contribution is 5.86. The van der Waals surface area contributed by atoms with Gasteiger partial charge in [0.1, 0.15) is 12.4 Å². The van der Waals surface area contributed by atoms with Gasteiger partial charge in [-0.05, 0) is 30.3 Å². The lowest BCUT2D eigenvalue weighted by atomic mass is 10.3. The second-order valence-corrected chi connectivity index (χ2v) is 4.40. The number of carbonyl (C=O) groups excluding carboxylic acids is 1. The molecule has 0 aliphatic rings. The predicted molar refractivity (Wildman–Crippen MR) is 73.8 cm³/mol. The molecule has 2 heterocycles. The number of carbonyl (C=O) groups is 1. The van der Waals surface area contributed by atoms with Gasteiger partial charge in [-0.25, -0.2) is 9.18 Å². The third kappa shape index (κ3) is 3.17. The molecule has 3 rings (SSSR count). The molecule has 0 unspecified atom stereocenters. The summed E-state index contributed by atoms with van der Waals surface area (Å²) in [6.45, 7) is 0.648. The van der Waals surface area contributed by atoms with Gasteiger partial charge >= 0.3 is 5.97 Å². The molecule has 2 aromatic heterocycles. The van der Waals surface area contributed by atoms with Crippen LogP contribution in [-0.2, 0) is 11.3 Å². The Morgan fingerprint density at radius 1 is 1.23 bits per heavy atom. The van der Waals surface area contributed by atoms with Gasteiger partial charge < -0.3 is 4.74 Å². The summed E-state index contributed by atoms with van der Waals surface area (Å²) in [6, 6.07) is 7.40. The van der Waals surface area contributed by atoms with Gasteiger partial charge in [-0.1, -0.05) is 0 Å². The predicted octanol–water partition coefficient (Wildman–Crippen LogP) is 1.46. The van der Waals surface area contributed by atoms with Crippen molar-refractivity contribution in [1.29, 1.82) is 0 Å². The highest BCUT2D eigenvalue weighted by Crippen LogP contribution is 2.07. The van der Waals surface area contributed by atoms with E-state index in [2.05, 4.69) is 15.3 Å². The van der Waals surface area contributed by atoms with E-state index in [4.69, 9.17) is 4.74 Å². The monoisotopic (exact) mass is 301 g/mol. The minimum Gasteiger partial charge on any atom is -0.459 e. The molecule has 0 spiro atoms. The number of aromatic nitrogens is 5. The summed E-state index contributed by atoms with van der Waals surface area (Å²) in [5.41, 5.74) is 0.641. The number of rotatable bonds is 5. The largest absolute Gasteiger partial charge is 0.459 e. The third-order valence-corrected chi connectivity index (χ3v) is 2.87. The fourth-order valence-electron chi connectivity index (χ4n) is 1.79. The number of halogens is 1.